The number of nitrogens with one attached hydrogen (secondary N) is 2. The Morgan fingerprint density at radius 1 is 1.26 bits per heavy atom. The van der Waals surface area contributed by atoms with Crippen LogP contribution in [0.2, 0.25) is 0 Å². The number of hydrogen-bond donors (Lipinski definition) is 2. The minimum atomic E-state index is -0.194. The summed E-state index contributed by atoms with van der Waals surface area (Å²) < 4.78 is 5.94. The lowest BCUT2D eigenvalue weighted by Crippen LogP contribution is -2.44. The molecule has 0 aliphatic heterocycles. The molecule has 0 radical (unpaired) electrons. The van der Waals surface area contributed by atoms with E-state index in [0.29, 0.717) is 17.1 Å². The lowest BCUT2D eigenvalue weighted by molar-refractivity contribution is -0.121. The van der Waals surface area contributed by atoms with Crippen LogP contribution in [0.15, 0.2) is 28.6 Å². The highest BCUT2D eigenvalue weighted by molar-refractivity contribution is 8.02. The summed E-state index contributed by atoms with van der Waals surface area (Å²) in [6.45, 7) is 4.15. The Balaban J connectivity index is 1.52. The summed E-state index contributed by atoms with van der Waals surface area (Å²) in [6.07, 6.45) is 4.75. The molecule has 1 heterocycles. The molecule has 8 heteroatoms. The molecule has 0 spiro atoms. The van der Waals surface area contributed by atoms with Crippen LogP contribution in [0.1, 0.15) is 39.5 Å². The first-order valence-corrected chi connectivity index (χ1v) is 11.0. The van der Waals surface area contributed by atoms with Crippen LogP contribution < -0.4 is 15.4 Å². The standard InChI is InChI=1S/C19H26N4O2S2/c1-12-6-4-5-7-16(12)21-17(24)13(2)26-19-23-22-18(27-19)20-14-8-10-15(25-3)11-9-14/h8-13,16H,4-7H2,1-3H3,(H,20,22)(H,21,24)/t12-,13+,16-/m0/s1. The third kappa shape index (κ3) is 5.59. The Labute approximate surface area is 168 Å². The first-order chi connectivity index (χ1) is 13.0. The Kier molecular flexibility index (Phi) is 6.95. The van der Waals surface area contributed by atoms with Crippen molar-refractivity contribution in [3.05, 3.63) is 24.3 Å². The van der Waals surface area contributed by atoms with E-state index in [2.05, 4.69) is 27.8 Å². The van der Waals surface area contributed by atoms with Crippen LogP contribution in [0.3, 0.4) is 0 Å². The number of aromatic nitrogens is 2. The molecule has 3 atom stereocenters. The number of benzene rings is 1. The van der Waals surface area contributed by atoms with E-state index in [1.165, 1.54) is 42.4 Å². The normalized spacial score (nSPS) is 20.7. The molecule has 0 unspecified atom stereocenters. The summed E-state index contributed by atoms with van der Waals surface area (Å²) in [5.41, 5.74) is 0.917. The quantitative estimate of drug-likeness (QED) is 0.661. The van der Waals surface area contributed by atoms with Crippen LogP contribution in [-0.2, 0) is 4.79 Å². The zero-order valence-corrected chi connectivity index (χ0v) is 17.5. The third-order valence-electron chi connectivity index (χ3n) is 4.83. The summed E-state index contributed by atoms with van der Waals surface area (Å²) >= 11 is 2.90. The van der Waals surface area contributed by atoms with E-state index in [1.54, 1.807) is 7.11 Å². The molecule has 0 saturated heterocycles. The molecule has 3 rings (SSSR count). The van der Waals surface area contributed by atoms with Crippen molar-refractivity contribution in [2.75, 3.05) is 12.4 Å². The largest absolute Gasteiger partial charge is 0.497 e. The smallest absolute Gasteiger partial charge is 0.233 e. The highest BCUT2D eigenvalue weighted by atomic mass is 32.2. The topological polar surface area (TPSA) is 76.1 Å². The van der Waals surface area contributed by atoms with Crippen molar-refractivity contribution in [1.29, 1.82) is 0 Å². The highest BCUT2D eigenvalue weighted by Crippen LogP contribution is 2.31. The molecule has 1 aromatic carbocycles. The summed E-state index contributed by atoms with van der Waals surface area (Å²) in [5, 5.41) is 15.3. The number of carbonyl (C=O) groups excluding carboxylic acids is 1. The third-order valence-corrected chi connectivity index (χ3v) is 6.86. The molecule has 2 N–H and O–H groups in total. The second-order valence-corrected chi connectivity index (χ2v) is 9.43. The zero-order chi connectivity index (χ0) is 19.2. The summed E-state index contributed by atoms with van der Waals surface area (Å²) in [6, 6.07) is 7.93. The minimum absolute atomic E-state index is 0.0820. The van der Waals surface area contributed by atoms with Gasteiger partial charge in [-0.2, -0.15) is 0 Å². The van der Waals surface area contributed by atoms with Gasteiger partial charge in [0, 0.05) is 11.7 Å². The lowest BCUT2D eigenvalue weighted by atomic mass is 9.86. The van der Waals surface area contributed by atoms with Crippen molar-refractivity contribution in [3.8, 4) is 5.75 Å². The van der Waals surface area contributed by atoms with Gasteiger partial charge in [0.15, 0.2) is 4.34 Å². The molecule has 2 aromatic rings. The van der Waals surface area contributed by atoms with E-state index < -0.39 is 0 Å². The lowest BCUT2D eigenvalue weighted by Gasteiger charge is -2.30. The predicted molar refractivity (Wildman–Crippen MR) is 111 cm³/mol. The number of rotatable bonds is 7. The molecule has 0 bridgehead atoms. The fourth-order valence-corrected chi connectivity index (χ4v) is 5.07. The molecule has 1 aliphatic rings. The molecule has 1 fully saturated rings. The molecule has 1 aromatic heterocycles. The van der Waals surface area contributed by atoms with E-state index in [9.17, 15) is 4.79 Å². The molecule has 146 valence electrons. The van der Waals surface area contributed by atoms with E-state index in [1.807, 2.05) is 31.2 Å². The van der Waals surface area contributed by atoms with Gasteiger partial charge in [0.25, 0.3) is 0 Å². The number of carbonyl (C=O) groups is 1. The van der Waals surface area contributed by atoms with E-state index in [0.717, 1.165) is 22.2 Å². The van der Waals surface area contributed by atoms with Gasteiger partial charge in [-0.25, -0.2) is 0 Å². The second kappa shape index (κ2) is 9.41. The fraction of sp³-hybridized carbons (Fsp3) is 0.526. The van der Waals surface area contributed by atoms with E-state index >= 15 is 0 Å². The number of methoxy groups -OCH3 is 1. The van der Waals surface area contributed by atoms with E-state index in [-0.39, 0.29) is 11.2 Å². The van der Waals surface area contributed by atoms with Crippen LogP contribution in [0.25, 0.3) is 0 Å². The van der Waals surface area contributed by atoms with Crippen molar-refractivity contribution in [2.45, 2.75) is 55.2 Å². The maximum Gasteiger partial charge on any atom is 0.233 e. The van der Waals surface area contributed by atoms with E-state index in [4.69, 9.17) is 4.74 Å². The van der Waals surface area contributed by atoms with Gasteiger partial charge in [0.1, 0.15) is 5.75 Å². The van der Waals surface area contributed by atoms with Crippen molar-refractivity contribution in [3.63, 3.8) is 0 Å². The van der Waals surface area contributed by atoms with Crippen LogP contribution in [-0.4, -0.2) is 34.5 Å². The summed E-state index contributed by atoms with van der Waals surface area (Å²) in [7, 11) is 1.64. The maximum atomic E-state index is 12.5. The van der Waals surface area contributed by atoms with Gasteiger partial charge in [-0.15, -0.1) is 10.2 Å². The van der Waals surface area contributed by atoms with Gasteiger partial charge in [-0.1, -0.05) is 42.9 Å². The molecule has 1 aliphatic carbocycles. The summed E-state index contributed by atoms with van der Waals surface area (Å²) in [4.78, 5) is 12.5. The number of nitrogens with zero attached hydrogens (tertiary/aromatic N) is 2. The van der Waals surface area contributed by atoms with Crippen LogP contribution >= 0.6 is 23.1 Å². The Bertz CT molecular complexity index is 750. The van der Waals surface area contributed by atoms with Gasteiger partial charge >= 0.3 is 0 Å². The number of anilines is 2. The van der Waals surface area contributed by atoms with Crippen LogP contribution in [0.4, 0.5) is 10.8 Å². The predicted octanol–water partition coefficient (Wildman–Crippen LogP) is 4.47. The summed E-state index contributed by atoms with van der Waals surface area (Å²) in [5.74, 6) is 1.45. The molecule has 6 nitrogen and oxygen atoms in total. The first kappa shape index (κ1) is 19.9. The Morgan fingerprint density at radius 3 is 2.70 bits per heavy atom. The van der Waals surface area contributed by atoms with Gasteiger partial charge < -0.3 is 15.4 Å². The van der Waals surface area contributed by atoms with Gasteiger partial charge in [0.2, 0.25) is 11.0 Å². The SMILES string of the molecule is COc1ccc(Nc2nnc(S[C@H](C)C(=O)N[C@H]3CCCC[C@@H]3C)s2)cc1. The molecule has 27 heavy (non-hydrogen) atoms. The van der Waals surface area contributed by atoms with Crippen molar-refractivity contribution in [1.82, 2.24) is 15.5 Å². The number of ether oxygens (including phenoxy) is 1. The Morgan fingerprint density at radius 2 is 2.00 bits per heavy atom. The number of hydrogen-bond acceptors (Lipinski definition) is 7. The van der Waals surface area contributed by atoms with Crippen molar-refractivity contribution < 1.29 is 9.53 Å². The maximum absolute atomic E-state index is 12.5. The van der Waals surface area contributed by atoms with Crippen LogP contribution in [0.5, 0.6) is 5.75 Å². The first-order valence-electron chi connectivity index (χ1n) is 9.27. The molecule has 1 amide bonds. The highest BCUT2D eigenvalue weighted by Gasteiger charge is 2.25. The van der Waals surface area contributed by atoms with Gasteiger partial charge in [-0.05, 0) is 49.9 Å². The second-order valence-electron chi connectivity index (χ2n) is 6.86. The van der Waals surface area contributed by atoms with Crippen molar-refractivity contribution in [2.24, 2.45) is 5.92 Å². The van der Waals surface area contributed by atoms with Gasteiger partial charge in [0.05, 0.1) is 12.4 Å². The van der Waals surface area contributed by atoms with Crippen molar-refractivity contribution >= 4 is 39.8 Å². The average molecular weight is 407 g/mol. The average Bonchev–Trinajstić information content (AvgIpc) is 3.11. The van der Waals surface area contributed by atoms with Crippen LogP contribution in [0, 0.1) is 5.92 Å². The zero-order valence-electron chi connectivity index (χ0n) is 15.9. The monoisotopic (exact) mass is 406 g/mol. The Hall–Kier alpha value is -1.80. The number of amides is 1. The minimum Gasteiger partial charge on any atom is -0.497 e. The fourth-order valence-electron chi connectivity index (χ4n) is 3.14. The number of thioether (sulfide) groups is 1. The molecule has 1 saturated carbocycles. The molecular weight excluding hydrogens is 380 g/mol. The van der Waals surface area contributed by atoms with Gasteiger partial charge in [-0.3, -0.25) is 4.79 Å². The molecular formula is C19H26N4O2S2.